The van der Waals surface area contributed by atoms with E-state index >= 15 is 0 Å². The number of fused-ring (bicyclic) bond motifs is 2. The minimum Gasteiger partial charge on any atom is -0.453 e. The first kappa shape index (κ1) is 21.6. The summed E-state index contributed by atoms with van der Waals surface area (Å²) < 4.78 is 4.82. The normalized spacial score (nSPS) is 20.3. The van der Waals surface area contributed by atoms with Crippen LogP contribution in [-0.4, -0.2) is 46.8 Å². The van der Waals surface area contributed by atoms with E-state index < -0.39 is 0 Å². The summed E-state index contributed by atoms with van der Waals surface area (Å²) in [5.41, 5.74) is 2.56. The van der Waals surface area contributed by atoms with Crippen LogP contribution >= 0.6 is 11.3 Å². The summed E-state index contributed by atoms with van der Waals surface area (Å²) in [4.78, 5) is 39.6. The quantitative estimate of drug-likeness (QED) is 0.614. The molecule has 9 heteroatoms. The second kappa shape index (κ2) is 8.97. The molecule has 1 aromatic carbocycles. The minimum atomic E-state index is -0.332. The molecule has 3 heterocycles. The number of H-pyrrole nitrogens is 1. The van der Waals surface area contributed by atoms with Crippen molar-refractivity contribution in [2.75, 3.05) is 13.7 Å². The van der Waals surface area contributed by atoms with Gasteiger partial charge in [-0.2, -0.15) is 5.10 Å². The van der Waals surface area contributed by atoms with Crippen LogP contribution in [0.4, 0.5) is 4.79 Å². The molecular weight excluding hydrogens is 440 g/mol. The maximum absolute atomic E-state index is 13.0. The Balaban J connectivity index is 1.23. The maximum Gasteiger partial charge on any atom is 0.409 e. The van der Waals surface area contributed by atoms with Crippen LogP contribution in [0.2, 0.25) is 0 Å². The van der Waals surface area contributed by atoms with Gasteiger partial charge in [-0.3, -0.25) is 9.59 Å². The van der Waals surface area contributed by atoms with Crippen molar-refractivity contribution in [1.82, 2.24) is 20.4 Å². The third-order valence-corrected chi connectivity index (χ3v) is 7.81. The lowest BCUT2D eigenvalue weighted by Gasteiger charge is -2.29. The molecule has 8 nitrogen and oxygen atoms in total. The predicted molar refractivity (Wildman–Crippen MR) is 126 cm³/mol. The lowest BCUT2D eigenvalue weighted by molar-refractivity contribution is 0.0924. The van der Waals surface area contributed by atoms with Crippen molar-refractivity contribution in [3.63, 3.8) is 0 Å². The van der Waals surface area contributed by atoms with E-state index in [0.29, 0.717) is 24.9 Å². The molecule has 172 valence electrons. The number of hydrogen-bond donors (Lipinski definition) is 2. The Hall–Kier alpha value is -3.20. The number of methoxy groups -OCH3 is 1. The van der Waals surface area contributed by atoms with Gasteiger partial charge in [0.1, 0.15) is 0 Å². The molecule has 2 aromatic heterocycles. The Morgan fingerprint density at radius 3 is 2.70 bits per heavy atom. The van der Waals surface area contributed by atoms with Gasteiger partial charge in [-0.1, -0.05) is 18.2 Å². The second-order valence-electron chi connectivity index (χ2n) is 8.70. The summed E-state index contributed by atoms with van der Waals surface area (Å²) in [5, 5.41) is 13.7. The van der Waals surface area contributed by atoms with Crippen molar-refractivity contribution in [3.05, 3.63) is 61.7 Å². The van der Waals surface area contributed by atoms with E-state index in [1.807, 2.05) is 29.6 Å². The van der Waals surface area contributed by atoms with Gasteiger partial charge in [0.05, 0.1) is 30.3 Å². The molecule has 0 spiro atoms. The van der Waals surface area contributed by atoms with E-state index in [-0.39, 0.29) is 29.5 Å². The zero-order valence-electron chi connectivity index (χ0n) is 18.4. The summed E-state index contributed by atoms with van der Waals surface area (Å²) in [7, 11) is 1.38. The van der Waals surface area contributed by atoms with Crippen LogP contribution in [-0.2, 0) is 17.7 Å². The first-order chi connectivity index (χ1) is 16.0. The first-order valence-corrected chi connectivity index (χ1v) is 12.1. The van der Waals surface area contributed by atoms with E-state index in [2.05, 4.69) is 15.5 Å². The number of benzene rings is 1. The zero-order chi connectivity index (χ0) is 22.9. The van der Waals surface area contributed by atoms with Crippen LogP contribution in [0.1, 0.15) is 58.1 Å². The van der Waals surface area contributed by atoms with E-state index in [0.717, 1.165) is 52.8 Å². The number of nitrogens with one attached hydrogen (secondary N) is 2. The molecule has 2 amide bonds. The van der Waals surface area contributed by atoms with Gasteiger partial charge in [0, 0.05) is 34.1 Å². The van der Waals surface area contributed by atoms with Crippen LogP contribution in [0.25, 0.3) is 10.8 Å². The minimum absolute atomic E-state index is 0.0323. The Bertz CT molecular complexity index is 1260. The standard InChI is InChI=1S/C24H26N4O4S/c1-32-24(31)28-11-10-16-19(13-33-20(16)12-28)22(29)25-15-8-6-14(7-9-15)21-17-4-2-3-5-18(17)23(30)27-26-21/h2-5,13-15H,6-12H2,1H3,(H,25,29)(H,27,30). The van der Waals surface area contributed by atoms with Gasteiger partial charge in [-0.25, -0.2) is 9.89 Å². The molecule has 1 saturated carbocycles. The van der Waals surface area contributed by atoms with Crippen molar-refractivity contribution in [2.45, 2.75) is 50.6 Å². The number of rotatable bonds is 3. The van der Waals surface area contributed by atoms with Crippen molar-refractivity contribution < 1.29 is 14.3 Å². The third kappa shape index (κ3) is 4.13. The number of hydrogen-bond acceptors (Lipinski definition) is 6. The number of aromatic amines is 1. The van der Waals surface area contributed by atoms with Crippen LogP contribution < -0.4 is 10.9 Å². The van der Waals surface area contributed by atoms with Gasteiger partial charge < -0.3 is 15.0 Å². The number of thiophene rings is 1. The van der Waals surface area contributed by atoms with Crippen LogP contribution in [0, 0.1) is 0 Å². The molecule has 3 aromatic rings. The molecule has 0 atom stereocenters. The largest absolute Gasteiger partial charge is 0.453 e. The molecule has 2 aliphatic rings. The third-order valence-electron chi connectivity index (χ3n) is 6.80. The fourth-order valence-electron chi connectivity index (χ4n) is 5.03. The zero-order valence-corrected chi connectivity index (χ0v) is 19.2. The van der Waals surface area contributed by atoms with Crippen molar-refractivity contribution >= 4 is 34.1 Å². The second-order valence-corrected chi connectivity index (χ2v) is 9.66. The molecule has 33 heavy (non-hydrogen) atoms. The Labute approximate surface area is 194 Å². The summed E-state index contributed by atoms with van der Waals surface area (Å²) >= 11 is 1.53. The number of carbonyl (C=O) groups is 2. The van der Waals surface area contributed by atoms with Gasteiger partial charge in [-0.05, 0) is 43.7 Å². The fraction of sp³-hybridized carbons (Fsp3) is 0.417. The predicted octanol–water partition coefficient (Wildman–Crippen LogP) is 3.57. The molecule has 0 unspecified atom stereocenters. The van der Waals surface area contributed by atoms with Crippen molar-refractivity contribution in [2.24, 2.45) is 0 Å². The molecular formula is C24H26N4O4S. The molecule has 0 saturated heterocycles. The van der Waals surface area contributed by atoms with Gasteiger partial charge in [0.15, 0.2) is 0 Å². The van der Waals surface area contributed by atoms with Gasteiger partial charge >= 0.3 is 6.09 Å². The number of nitrogens with zero attached hydrogens (tertiary/aromatic N) is 2. The molecule has 5 rings (SSSR count). The van der Waals surface area contributed by atoms with E-state index in [1.54, 1.807) is 4.90 Å². The summed E-state index contributed by atoms with van der Waals surface area (Å²) in [5.74, 6) is 0.230. The average molecular weight is 467 g/mol. The van der Waals surface area contributed by atoms with Gasteiger partial charge in [-0.15, -0.1) is 11.3 Å². The van der Waals surface area contributed by atoms with E-state index in [4.69, 9.17) is 4.74 Å². The maximum atomic E-state index is 13.0. The summed E-state index contributed by atoms with van der Waals surface area (Å²) in [6.45, 7) is 1.05. The molecule has 0 radical (unpaired) electrons. The first-order valence-electron chi connectivity index (χ1n) is 11.3. The highest BCUT2D eigenvalue weighted by molar-refractivity contribution is 7.10. The Morgan fingerprint density at radius 2 is 1.94 bits per heavy atom. The van der Waals surface area contributed by atoms with Crippen LogP contribution in [0.5, 0.6) is 0 Å². The number of ether oxygens (including phenoxy) is 1. The fourth-order valence-corrected chi connectivity index (χ4v) is 6.12. The number of aromatic nitrogens is 2. The highest BCUT2D eigenvalue weighted by Gasteiger charge is 2.29. The highest BCUT2D eigenvalue weighted by Crippen LogP contribution is 2.35. The molecule has 2 N–H and O–H groups in total. The molecule has 0 bridgehead atoms. The SMILES string of the molecule is COC(=O)N1CCc2c(C(=O)NC3CCC(c4n[nH]c(=O)c5ccccc45)CC3)csc2C1. The van der Waals surface area contributed by atoms with Crippen molar-refractivity contribution in [3.8, 4) is 0 Å². The monoisotopic (exact) mass is 466 g/mol. The summed E-state index contributed by atoms with van der Waals surface area (Å²) in [6, 6.07) is 7.71. The molecule has 1 aliphatic heterocycles. The van der Waals surface area contributed by atoms with Gasteiger partial charge in [0.2, 0.25) is 0 Å². The van der Waals surface area contributed by atoms with Crippen molar-refractivity contribution in [1.29, 1.82) is 0 Å². The van der Waals surface area contributed by atoms with Crippen LogP contribution in [0.15, 0.2) is 34.4 Å². The number of amides is 2. The highest BCUT2D eigenvalue weighted by atomic mass is 32.1. The average Bonchev–Trinajstić information content (AvgIpc) is 3.28. The molecule has 1 fully saturated rings. The van der Waals surface area contributed by atoms with E-state index in [9.17, 15) is 14.4 Å². The number of carbonyl (C=O) groups excluding carboxylic acids is 2. The van der Waals surface area contributed by atoms with E-state index in [1.165, 1.54) is 18.4 Å². The lowest BCUT2D eigenvalue weighted by Crippen LogP contribution is -2.39. The Morgan fingerprint density at radius 1 is 1.18 bits per heavy atom. The van der Waals surface area contributed by atoms with Gasteiger partial charge in [0.25, 0.3) is 11.5 Å². The lowest BCUT2D eigenvalue weighted by atomic mass is 9.82. The van der Waals surface area contributed by atoms with Crippen LogP contribution in [0.3, 0.4) is 0 Å². The molecule has 1 aliphatic carbocycles. The topological polar surface area (TPSA) is 104 Å². The Kier molecular flexibility index (Phi) is 5.88. The summed E-state index contributed by atoms with van der Waals surface area (Å²) in [6.07, 6.45) is 3.88. The smallest absolute Gasteiger partial charge is 0.409 e.